The number of benzene rings is 1. The molecular formula is C14H18N2S. The van der Waals surface area contributed by atoms with Gasteiger partial charge in [0.25, 0.3) is 0 Å². The molecule has 3 heteroatoms. The van der Waals surface area contributed by atoms with Crippen LogP contribution in [0.15, 0.2) is 35.8 Å². The van der Waals surface area contributed by atoms with Gasteiger partial charge in [-0.25, -0.2) is 4.98 Å². The number of hydrogen-bond acceptors (Lipinski definition) is 3. The van der Waals surface area contributed by atoms with Gasteiger partial charge in [-0.3, -0.25) is 0 Å². The SMILES string of the molecule is CC(C)(C)NCc1ncsc1-c1ccccc1. The van der Waals surface area contributed by atoms with Gasteiger partial charge in [-0.15, -0.1) is 11.3 Å². The number of thiazole rings is 1. The molecule has 1 aromatic carbocycles. The van der Waals surface area contributed by atoms with Crippen molar-refractivity contribution >= 4 is 11.3 Å². The van der Waals surface area contributed by atoms with E-state index < -0.39 is 0 Å². The molecule has 0 saturated carbocycles. The first-order valence-corrected chi connectivity index (χ1v) is 6.67. The molecule has 1 heterocycles. The molecule has 0 atom stereocenters. The van der Waals surface area contributed by atoms with E-state index >= 15 is 0 Å². The number of nitrogens with zero attached hydrogens (tertiary/aromatic N) is 1. The van der Waals surface area contributed by atoms with Crippen molar-refractivity contribution in [2.24, 2.45) is 0 Å². The highest BCUT2D eigenvalue weighted by molar-refractivity contribution is 7.13. The largest absolute Gasteiger partial charge is 0.306 e. The molecule has 0 spiro atoms. The van der Waals surface area contributed by atoms with Gasteiger partial charge < -0.3 is 5.32 Å². The average molecular weight is 246 g/mol. The Hall–Kier alpha value is -1.19. The van der Waals surface area contributed by atoms with Crippen molar-refractivity contribution in [2.45, 2.75) is 32.9 Å². The molecule has 0 aliphatic carbocycles. The molecule has 0 aliphatic heterocycles. The van der Waals surface area contributed by atoms with Gasteiger partial charge in [0.1, 0.15) is 0 Å². The van der Waals surface area contributed by atoms with Crippen molar-refractivity contribution in [3.05, 3.63) is 41.5 Å². The minimum atomic E-state index is 0.123. The van der Waals surface area contributed by atoms with Gasteiger partial charge in [0, 0.05) is 12.1 Å². The minimum Gasteiger partial charge on any atom is -0.306 e. The van der Waals surface area contributed by atoms with Crippen LogP contribution in [0.3, 0.4) is 0 Å². The highest BCUT2D eigenvalue weighted by Crippen LogP contribution is 2.27. The van der Waals surface area contributed by atoms with Crippen LogP contribution in [0.2, 0.25) is 0 Å². The zero-order valence-electron chi connectivity index (χ0n) is 10.5. The summed E-state index contributed by atoms with van der Waals surface area (Å²) in [6.45, 7) is 7.32. The zero-order chi connectivity index (χ0) is 12.3. The molecule has 2 aromatic rings. The fraction of sp³-hybridized carbons (Fsp3) is 0.357. The molecule has 1 N–H and O–H groups in total. The third-order valence-electron chi connectivity index (χ3n) is 2.46. The van der Waals surface area contributed by atoms with Crippen LogP contribution in [0.4, 0.5) is 0 Å². The molecule has 0 amide bonds. The third kappa shape index (κ3) is 3.38. The Labute approximate surface area is 107 Å². The molecule has 17 heavy (non-hydrogen) atoms. The van der Waals surface area contributed by atoms with E-state index in [9.17, 15) is 0 Å². The Morgan fingerprint density at radius 2 is 1.88 bits per heavy atom. The van der Waals surface area contributed by atoms with Crippen molar-refractivity contribution in [1.82, 2.24) is 10.3 Å². The molecular weight excluding hydrogens is 228 g/mol. The molecule has 90 valence electrons. The van der Waals surface area contributed by atoms with Crippen molar-refractivity contribution in [3.8, 4) is 10.4 Å². The van der Waals surface area contributed by atoms with Gasteiger partial charge in [0.2, 0.25) is 0 Å². The van der Waals surface area contributed by atoms with Crippen molar-refractivity contribution < 1.29 is 0 Å². The fourth-order valence-electron chi connectivity index (χ4n) is 1.57. The second-order valence-corrected chi connectivity index (χ2v) is 5.95. The highest BCUT2D eigenvalue weighted by atomic mass is 32.1. The standard InChI is InChI=1S/C14H18N2S/c1-14(2,3)16-9-12-13(17-10-15-12)11-7-5-4-6-8-11/h4-8,10,16H,9H2,1-3H3. The Balaban J connectivity index is 2.18. The second kappa shape index (κ2) is 4.98. The smallest absolute Gasteiger partial charge is 0.0802 e. The summed E-state index contributed by atoms with van der Waals surface area (Å²) in [5, 5.41) is 3.48. The third-order valence-corrected chi connectivity index (χ3v) is 3.38. The van der Waals surface area contributed by atoms with E-state index in [0.717, 1.165) is 12.2 Å². The first kappa shape index (κ1) is 12.3. The molecule has 2 rings (SSSR count). The summed E-state index contributed by atoms with van der Waals surface area (Å²) in [5.74, 6) is 0. The Morgan fingerprint density at radius 3 is 2.53 bits per heavy atom. The second-order valence-electron chi connectivity index (χ2n) is 5.10. The molecule has 0 bridgehead atoms. The molecule has 0 saturated heterocycles. The van der Waals surface area contributed by atoms with Crippen LogP contribution in [0.5, 0.6) is 0 Å². The van der Waals surface area contributed by atoms with Gasteiger partial charge >= 0.3 is 0 Å². The lowest BCUT2D eigenvalue weighted by molar-refractivity contribution is 0.422. The lowest BCUT2D eigenvalue weighted by atomic mass is 10.1. The van der Waals surface area contributed by atoms with Gasteiger partial charge in [-0.2, -0.15) is 0 Å². The number of aromatic nitrogens is 1. The molecule has 0 aliphatic rings. The minimum absolute atomic E-state index is 0.123. The number of hydrogen-bond donors (Lipinski definition) is 1. The molecule has 0 fully saturated rings. The van der Waals surface area contributed by atoms with Crippen molar-refractivity contribution in [3.63, 3.8) is 0 Å². The molecule has 0 unspecified atom stereocenters. The Morgan fingerprint density at radius 1 is 1.18 bits per heavy atom. The van der Waals surface area contributed by atoms with Crippen LogP contribution in [-0.4, -0.2) is 10.5 Å². The van der Waals surface area contributed by atoms with Crippen LogP contribution in [0, 0.1) is 0 Å². The summed E-state index contributed by atoms with van der Waals surface area (Å²) in [6.07, 6.45) is 0. The Kier molecular flexibility index (Phi) is 3.60. The normalized spacial score (nSPS) is 11.7. The predicted molar refractivity (Wildman–Crippen MR) is 74.1 cm³/mol. The van der Waals surface area contributed by atoms with E-state index in [4.69, 9.17) is 0 Å². The number of nitrogens with one attached hydrogen (secondary N) is 1. The summed E-state index contributed by atoms with van der Waals surface area (Å²) in [6, 6.07) is 10.4. The van der Waals surface area contributed by atoms with Crippen LogP contribution < -0.4 is 5.32 Å². The fourth-order valence-corrected chi connectivity index (χ4v) is 2.39. The summed E-state index contributed by atoms with van der Waals surface area (Å²) < 4.78 is 0. The maximum Gasteiger partial charge on any atom is 0.0802 e. The summed E-state index contributed by atoms with van der Waals surface area (Å²) in [5.41, 5.74) is 4.43. The number of rotatable bonds is 3. The van der Waals surface area contributed by atoms with Gasteiger partial charge in [0.15, 0.2) is 0 Å². The van der Waals surface area contributed by atoms with Gasteiger partial charge in [-0.1, -0.05) is 30.3 Å². The van der Waals surface area contributed by atoms with E-state index in [-0.39, 0.29) is 5.54 Å². The van der Waals surface area contributed by atoms with E-state index in [0.29, 0.717) is 0 Å². The summed E-state index contributed by atoms with van der Waals surface area (Å²) in [7, 11) is 0. The lowest BCUT2D eigenvalue weighted by Crippen LogP contribution is -2.35. The van der Waals surface area contributed by atoms with Crippen LogP contribution in [-0.2, 0) is 6.54 Å². The van der Waals surface area contributed by atoms with Gasteiger partial charge in [-0.05, 0) is 26.3 Å². The molecule has 2 nitrogen and oxygen atoms in total. The zero-order valence-corrected chi connectivity index (χ0v) is 11.3. The Bertz CT molecular complexity index is 468. The van der Waals surface area contributed by atoms with E-state index in [1.54, 1.807) is 11.3 Å². The van der Waals surface area contributed by atoms with Gasteiger partial charge in [0.05, 0.1) is 16.1 Å². The average Bonchev–Trinajstić information content (AvgIpc) is 2.75. The molecule has 1 aromatic heterocycles. The topological polar surface area (TPSA) is 24.9 Å². The van der Waals surface area contributed by atoms with E-state index in [1.165, 1.54) is 10.4 Å². The van der Waals surface area contributed by atoms with Crippen molar-refractivity contribution in [2.75, 3.05) is 0 Å². The van der Waals surface area contributed by atoms with Crippen molar-refractivity contribution in [1.29, 1.82) is 0 Å². The van der Waals surface area contributed by atoms with E-state index in [2.05, 4.69) is 55.3 Å². The first-order valence-electron chi connectivity index (χ1n) is 5.79. The predicted octanol–water partition coefficient (Wildman–Crippen LogP) is 3.70. The molecule has 0 radical (unpaired) electrons. The van der Waals surface area contributed by atoms with Crippen LogP contribution in [0.25, 0.3) is 10.4 Å². The highest BCUT2D eigenvalue weighted by Gasteiger charge is 2.12. The lowest BCUT2D eigenvalue weighted by Gasteiger charge is -2.20. The first-order chi connectivity index (χ1) is 8.06. The summed E-state index contributed by atoms with van der Waals surface area (Å²) >= 11 is 1.70. The maximum atomic E-state index is 4.45. The van der Waals surface area contributed by atoms with Crippen LogP contribution in [0.1, 0.15) is 26.5 Å². The van der Waals surface area contributed by atoms with Crippen LogP contribution >= 0.6 is 11.3 Å². The quantitative estimate of drug-likeness (QED) is 0.893. The maximum absolute atomic E-state index is 4.45. The van der Waals surface area contributed by atoms with E-state index in [1.807, 2.05) is 11.6 Å². The summed E-state index contributed by atoms with van der Waals surface area (Å²) in [4.78, 5) is 5.72. The monoisotopic (exact) mass is 246 g/mol.